The minimum atomic E-state index is -0.181. The predicted octanol–water partition coefficient (Wildman–Crippen LogP) is 7.18. The highest BCUT2D eigenvalue weighted by Crippen LogP contribution is 2.34. The van der Waals surface area contributed by atoms with Gasteiger partial charge in [-0.15, -0.1) is 0 Å². The molecule has 0 atom stereocenters. The molecule has 0 saturated carbocycles. The van der Waals surface area contributed by atoms with Crippen LogP contribution in [-0.4, -0.2) is 28.0 Å². The molecule has 6 nitrogen and oxygen atoms in total. The summed E-state index contributed by atoms with van der Waals surface area (Å²) in [6.07, 6.45) is 5.79. The number of carbonyl (C=O) groups excluding carboxylic acids is 1. The third-order valence-electron chi connectivity index (χ3n) is 6.09. The van der Waals surface area contributed by atoms with Gasteiger partial charge in [0, 0.05) is 17.3 Å². The summed E-state index contributed by atoms with van der Waals surface area (Å²) in [6, 6.07) is 24.9. The fourth-order valence-electron chi connectivity index (χ4n) is 4.11. The zero-order valence-electron chi connectivity index (χ0n) is 20.8. The number of carbonyl (C=O) groups is 1. The Kier molecular flexibility index (Phi) is 7.19. The minimum Gasteiger partial charge on any atom is -0.492 e. The molecule has 0 fully saturated rings. The fourth-order valence-corrected chi connectivity index (χ4v) is 4.34. The summed E-state index contributed by atoms with van der Waals surface area (Å²) in [5.74, 6) is 0.466. The molecular formula is C30H27ClN4O2. The number of hydrogen-bond acceptors (Lipinski definition) is 4. The van der Waals surface area contributed by atoms with E-state index in [1.807, 2.05) is 103 Å². The van der Waals surface area contributed by atoms with Crippen molar-refractivity contribution in [2.24, 2.45) is 5.10 Å². The van der Waals surface area contributed by atoms with E-state index in [2.05, 4.69) is 12.0 Å². The van der Waals surface area contributed by atoms with Gasteiger partial charge in [-0.1, -0.05) is 61.3 Å². The molecule has 5 rings (SSSR count). The van der Waals surface area contributed by atoms with Crippen molar-refractivity contribution < 1.29 is 9.53 Å². The van der Waals surface area contributed by atoms with E-state index in [1.54, 1.807) is 0 Å². The topological polar surface area (TPSA) is 59.7 Å². The highest BCUT2D eigenvalue weighted by Gasteiger charge is 2.29. The van der Waals surface area contributed by atoms with Crippen molar-refractivity contribution in [3.63, 3.8) is 0 Å². The molecule has 0 saturated heterocycles. The summed E-state index contributed by atoms with van der Waals surface area (Å²) >= 11 is 6.58. The highest BCUT2D eigenvalue weighted by atomic mass is 35.5. The third kappa shape index (κ3) is 5.20. The van der Waals surface area contributed by atoms with Gasteiger partial charge in [-0.2, -0.15) is 15.2 Å². The van der Waals surface area contributed by atoms with Crippen molar-refractivity contribution in [2.75, 3.05) is 11.6 Å². The first-order chi connectivity index (χ1) is 18.0. The van der Waals surface area contributed by atoms with Crippen LogP contribution in [0.4, 0.5) is 5.69 Å². The first kappa shape index (κ1) is 24.5. The second kappa shape index (κ2) is 10.8. The maximum atomic E-state index is 13.3. The molecule has 0 bridgehead atoms. The standard InChI is InChI=1S/C30H27ClN4O2/c1-3-4-17-37-28-16-15-22(19-27(28)31)29-23(20-34(33-29)24-11-7-5-8-12-24)18-26-21(2)32-35(30(26)36)25-13-9-6-10-14-25/h5-16,18-20H,3-4,17H2,1-2H3. The van der Waals surface area contributed by atoms with E-state index in [-0.39, 0.29) is 5.91 Å². The number of benzene rings is 3. The number of ether oxygens (including phenoxy) is 1. The Hall–Kier alpha value is -4.16. The normalized spacial score (nSPS) is 14.4. The molecule has 3 aromatic carbocycles. The molecule has 1 aliphatic rings. The van der Waals surface area contributed by atoms with E-state index >= 15 is 0 Å². The molecule has 4 aromatic rings. The lowest BCUT2D eigenvalue weighted by Crippen LogP contribution is -2.21. The van der Waals surface area contributed by atoms with Gasteiger partial charge < -0.3 is 4.74 Å². The van der Waals surface area contributed by atoms with Crippen LogP contribution in [0.1, 0.15) is 32.3 Å². The molecule has 2 heterocycles. The van der Waals surface area contributed by atoms with Crippen LogP contribution in [0.5, 0.6) is 5.75 Å². The van der Waals surface area contributed by atoms with Gasteiger partial charge in [0.25, 0.3) is 5.91 Å². The Morgan fingerprint density at radius 1 is 0.973 bits per heavy atom. The molecule has 1 aromatic heterocycles. The smallest absolute Gasteiger partial charge is 0.280 e. The Morgan fingerprint density at radius 3 is 2.35 bits per heavy atom. The van der Waals surface area contributed by atoms with Crippen LogP contribution >= 0.6 is 11.6 Å². The monoisotopic (exact) mass is 510 g/mol. The second-order valence-electron chi connectivity index (χ2n) is 8.76. The van der Waals surface area contributed by atoms with E-state index < -0.39 is 0 Å². The Balaban J connectivity index is 1.55. The van der Waals surface area contributed by atoms with Crippen molar-refractivity contribution in [3.05, 3.63) is 101 Å². The van der Waals surface area contributed by atoms with Gasteiger partial charge in [0.05, 0.1) is 34.3 Å². The van der Waals surface area contributed by atoms with Crippen LogP contribution in [0.25, 0.3) is 23.0 Å². The number of para-hydroxylation sites is 2. The molecule has 0 spiro atoms. The van der Waals surface area contributed by atoms with Gasteiger partial charge in [-0.3, -0.25) is 4.79 Å². The van der Waals surface area contributed by atoms with Gasteiger partial charge in [0.15, 0.2) is 0 Å². The molecule has 1 amide bonds. The van der Waals surface area contributed by atoms with E-state index in [4.69, 9.17) is 21.4 Å². The number of anilines is 1. The van der Waals surface area contributed by atoms with Crippen LogP contribution in [0.2, 0.25) is 5.02 Å². The SMILES string of the molecule is CCCCOc1ccc(-c2nn(-c3ccccc3)cc2C=C2C(=O)N(c3ccccc3)N=C2C)cc1Cl. The average molecular weight is 511 g/mol. The molecule has 7 heteroatoms. The number of aromatic nitrogens is 2. The molecule has 0 unspecified atom stereocenters. The van der Waals surface area contributed by atoms with Gasteiger partial charge >= 0.3 is 0 Å². The summed E-state index contributed by atoms with van der Waals surface area (Å²) < 4.78 is 7.63. The number of amides is 1. The molecule has 186 valence electrons. The van der Waals surface area contributed by atoms with Crippen LogP contribution in [0.3, 0.4) is 0 Å². The molecular weight excluding hydrogens is 484 g/mol. The number of hydrogen-bond donors (Lipinski definition) is 0. The maximum Gasteiger partial charge on any atom is 0.280 e. The summed E-state index contributed by atoms with van der Waals surface area (Å²) in [5, 5.41) is 11.3. The van der Waals surface area contributed by atoms with Crippen molar-refractivity contribution >= 4 is 35.0 Å². The van der Waals surface area contributed by atoms with Crippen LogP contribution < -0.4 is 9.75 Å². The van der Waals surface area contributed by atoms with Crippen molar-refractivity contribution in [1.29, 1.82) is 0 Å². The lowest BCUT2D eigenvalue weighted by Gasteiger charge is -2.11. The predicted molar refractivity (Wildman–Crippen MR) is 149 cm³/mol. The number of rotatable bonds is 8. The lowest BCUT2D eigenvalue weighted by molar-refractivity contribution is -0.114. The molecule has 37 heavy (non-hydrogen) atoms. The van der Waals surface area contributed by atoms with Gasteiger partial charge in [-0.05, 0) is 61.9 Å². The molecule has 0 aliphatic carbocycles. The molecule has 0 radical (unpaired) electrons. The largest absolute Gasteiger partial charge is 0.492 e. The van der Waals surface area contributed by atoms with Crippen LogP contribution in [0, 0.1) is 0 Å². The van der Waals surface area contributed by atoms with Gasteiger partial charge in [0.2, 0.25) is 0 Å². The van der Waals surface area contributed by atoms with Crippen molar-refractivity contribution in [1.82, 2.24) is 9.78 Å². The highest BCUT2D eigenvalue weighted by molar-refractivity contribution is 6.33. The lowest BCUT2D eigenvalue weighted by atomic mass is 10.0. The number of halogens is 1. The van der Waals surface area contributed by atoms with Crippen molar-refractivity contribution in [2.45, 2.75) is 26.7 Å². The minimum absolute atomic E-state index is 0.181. The van der Waals surface area contributed by atoms with Gasteiger partial charge in [0.1, 0.15) is 11.4 Å². The zero-order chi connectivity index (χ0) is 25.8. The van der Waals surface area contributed by atoms with E-state index in [0.717, 1.165) is 35.3 Å². The zero-order valence-corrected chi connectivity index (χ0v) is 21.5. The Labute approximate surface area is 221 Å². The molecule has 0 N–H and O–H groups in total. The quantitative estimate of drug-likeness (QED) is 0.186. The first-order valence-electron chi connectivity index (χ1n) is 12.3. The third-order valence-corrected chi connectivity index (χ3v) is 6.38. The van der Waals surface area contributed by atoms with Crippen molar-refractivity contribution in [3.8, 4) is 22.7 Å². The second-order valence-corrected chi connectivity index (χ2v) is 9.16. The number of nitrogens with zero attached hydrogens (tertiary/aromatic N) is 4. The van der Waals surface area contributed by atoms with E-state index in [1.165, 1.54) is 5.01 Å². The fraction of sp³-hybridized carbons (Fsp3) is 0.167. The Bertz CT molecular complexity index is 1480. The number of unbranched alkanes of at least 4 members (excludes halogenated alkanes) is 1. The summed E-state index contributed by atoms with van der Waals surface area (Å²) in [5.41, 5.74) is 5.11. The van der Waals surface area contributed by atoms with E-state index in [9.17, 15) is 4.79 Å². The van der Waals surface area contributed by atoms with E-state index in [0.29, 0.717) is 34.4 Å². The molecule has 1 aliphatic heterocycles. The first-order valence-corrected chi connectivity index (χ1v) is 12.7. The average Bonchev–Trinajstić information content (AvgIpc) is 3.47. The summed E-state index contributed by atoms with van der Waals surface area (Å²) in [6.45, 7) is 4.58. The maximum absolute atomic E-state index is 13.3. The number of hydrazone groups is 1. The summed E-state index contributed by atoms with van der Waals surface area (Å²) in [4.78, 5) is 13.3. The summed E-state index contributed by atoms with van der Waals surface area (Å²) in [7, 11) is 0. The van der Waals surface area contributed by atoms with Crippen LogP contribution in [0.15, 0.2) is 95.7 Å². The van der Waals surface area contributed by atoms with Gasteiger partial charge in [-0.25, -0.2) is 4.68 Å². The Morgan fingerprint density at radius 2 is 1.68 bits per heavy atom. The van der Waals surface area contributed by atoms with Crippen LogP contribution in [-0.2, 0) is 4.79 Å².